The highest BCUT2D eigenvalue weighted by Crippen LogP contribution is 2.62. The Morgan fingerprint density at radius 3 is 1.87 bits per heavy atom. The first-order valence-electron chi connectivity index (χ1n) is 21.3. The molecule has 1 aromatic heterocycles. The van der Waals surface area contributed by atoms with Gasteiger partial charge in [0, 0.05) is 34.0 Å². The molecule has 5 heteroatoms. The van der Waals surface area contributed by atoms with Crippen molar-refractivity contribution in [3.63, 3.8) is 0 Å². The Hall–Kier alpha value is -8.28. The monoisotopic (exact) mass is 809 g/mol. The van der Waals surface area contributed by atoms with Crippen LogP contribution >= 0.6 is 0 Å². The highest BCUT2D eigenvalue weighted by atomic mass is 16.6. The summed E-state index contributed by atoms with van der Waals surface area (Å²) >= 11 is 0. The van der Waals surface area contributed by atoms with E-state index >= 15 is 0 Å². The smallest absolute Gasteiger partial charge is 0.178 e. The summed E-state index contributed by atoms with van der Waals surface area (Å²) in [7, 11) is 0. The van der Waals surface area contributed by atoms with Crippen LogP contribution in [0.1, 0.15) is 45.0 Å². The first-order valence-corrected chi connectivity index (χ1v) is 21.3. The van der Waals surface area contributed by atoms with Crippen LogP contribution in [0.3, 0.4) is 0 Å². The van der Waals surface area contributed by atoms with Crippen molar-refractivity contribution in [2.45, 2.75) is 11.5 Å². The lowest BCUT2D eigenvalue weighted by Gasteiger charge is -2.34. The quantitative estimate of drug-likeness (QED) is 0.174. The van der Waals surface area contributed by atoms with Crippen molar-refractivity contribution >= 4 is 11.5 Å². The van der Waals surface area contributed by atoms with E-state index in [1.54, 1.807) is 0 Å². The number of rotatable bonds is 7. The molecule has 3 heterocycles. The number of hydrogen-bond acceptors (Lipinski definition) is 5. The maximum Gasteiger partial charge on any atom is 0.178 e. The molecule has 1 aliphatic carbocycles. The first kappa shape index (κ1) is 36.6. The summed E-state index contributed by atoms with van der Waals surface area (Å²) in [6.45, 7) is 0. The van der Waals surface area contributed by atoms with E-state index < -0.39 is 5.41 Å². The predicted octanol–water partition coefficient (Wildman–Crippen LogP) is 13.8. The van der Waals surface area contributed by atoms with Crippen LogP contribution in [0, 0.1) is 0 Å². The fourth-order valence-electron chi connectivity index (χ4n) is 9.70. The molecule has 3 aliphatic rings. The number of nitrogens with zero attached hydrogens (tertiary/aromatic N) is 2. The van der Waals surface area contributed by atoms with Gasteiger partial charge >= 0.3 is 0 Å². The van der Waals surface area contributed by atoms with Crippen LogP contribution in [0.2, 0.25) is 0 Å². The van der Waals surface area contributed by atoms with E-state index in [1.807, 2.05) is 42.6 Å². The zero-order valence-corrected chi connectivity index (χ0v) is 34.2. The topological polar surface area (TPSA) is 55.7 Å². The fraction of sp³-hybridized carbons (Fsp3) is 0.0345. The highest BCUT2D eigenvalue weighted by molar-refractivity contribution is 6.04. The Morgan fingerprint density at radius 1 is 0.460 bits per heavy atom. The van der Waals surface area contributed by atoms with Crippen LogP contribution in [0.5, 0.6) is 23.0 Å². The van der Waals surface area contributed by atoms with Crippen molar-refractivity contribution in [3.8, 4) is 56.5 Å². The normalized spacial score (nSPS) is 15.2. The molecule has 1 unspecified atom stereocenters. The lowest BCUT2D eigenvalue weighted by molar-refractivity contribution is 0.361. The molecule has 298 valence electrons. The molecule has 1 atom stereocenters. The van der Waals surface area contributed by atoms with Gasteiger partial charge in [0.25, 0.3) is 0 Å². The molecule has 8 aromatic carbocycles. The van der Waals surface area contributed by atoms with E-state index in [9.17, 15) is 0 Å². The average molecular weight is 810 g/mol. The van der Waals surface area contributed by atoms with Crippen LogP contribution in [0.15, 0.2) is 230 Å². The van der Waals surface area contributed by atoms with Gasteiger partial charge in [-0.15, -0.1) is 0 Å². The third-order valence-corrected chi connectivity index (χ3v) is 12.5. The van der Waals surface area contributed by atoms with E-state index in [0.717, 1.165) is 73.0 Å². The lowest BCUT2D eigenvalue weighted by atomic mass is 9.68. The Morgan fingerprint density at radius 2 is 1.10 bits per heavy atom. The van der Waals surface area contributed by atoms with Crippen molar-refractivity contribution in [1.29, 1.82) is 0 Å². The number of amidine groups is 1. The minimum atomic E-state index is -0.555. The van der Waals surface area contributed by atoms with Crippen molar-refractivity contribution in [3.05, 3.63) is 264 Å². The minimum absolute atomic E-state index is 0.0996. The zero-order chi connectivity index (χ0) is 41.7. The molecule has 0 amide bonds. The van der Waals surface area contributed by atoms with Gasteiger partial charge in [0.2, 0.25) is 0 Å². The van der Waals surface area contributed by atoms with Gasteiger partial charge in [-0.3, -0.25) is 4.98 Å². The third-order valence-electron chi connectivity index (χ3n) is 12.5. The summed E-state index contributed by atoms with van der Waals surface area (Å²) in [4.78, 5) is 9.91. The van der Waals surface area contributed by atoms with Crippen LogP contribution in [-0.2, 0) is 5.41 Å². The summed E-state index contributed by atoms with van der Waals surface area (Å²) in [5.74, 6) is 3.57. The largest absolute Gasteiger partial charge is 0.449 e. The standard InChI is InChI=1S/C58H39N3O2/c1-4-17-38(18-5-1)50-37-51(61-57(60-50)42-22-15-20-40(36-42)49-30-12-13-34-59-49)41-21-14-19-39(35-41)45-28-16-31-52-55(45)63-56-53(62-52)33-32-48-54(56)46-27-10-11-29-47(46)58(48,43-23-6-2-7-24-43)44-25-8-3-9-26-44/h1-37,50H,(H,60,61). The third kappa shape index (κ3) is 6.08. The molecule has 1 N–H and O–H groups in total. The van der Waals surface area contributed by atoms with E-state index in [1.165, 1.54) is 16.7 Å². The second-order valence-corrected chi connectivity index (χ2v) is 16.1. The molecular formula is C58H39N3O2. The molecule has 9 aromatic rings. The number of hydrogen-bond donors (Lipinski definition) is 1. The Balaban J connectivity index is 0.967. The van der Waals surface area contributed by atoms with Gasteiger partial charge in [0.05, 0.1) is 22.8 Å². The number of nitrogens with one attached hydrogen (secondary N) is 1. The fourth-order valence-corrected chi connectivity index (χ4v) is 9.70. The molecule has 63 heavy (non-hydrogen) atoms. The van der Waals surface area contributed by atoms with E-state index in [2.05, 4.69) is 192 Å². The van der Waals surface area contributed by atoms with E-state index in [4.69, 9.17) is 14.5 Å². The van der Waals surface area contributed by atoms with E-state index in [-0.39, 0.29) is 6.04 Å². The highest BCUT2D eigenvalue weighted by Gasteiger charge is 2.48. The van der Waals surface area contributed by atoms with Crippen LogP contribution < -0.4 is 14.8 Å². The van der Waals surface area contributed by atoms with Gasteiger partial charge in [0.15, 0.2) is 23.0 Å². The number of aliphatic imine (C=N–C) groups is 1. The summed E-state index contributed by atoms with van der Waals surface area (Å²) in [5, 5.41) is 3.73. The van der Waals surface area contributed by atoms with Gasteiger partial charge in [-0.2, -0.15) is 0 Å². The lowest BCUT2D eigenvalue weighted by Crippen LogP contribution is -2.31. The molecule has 0 saturated carbocycles. The number of ether oxygens (including phenoxy) is 2. The Bertz CT molecular complexity index is 3210. The van der Waals surface area contributed by atoms with Crippen molar-refractivity contribution in [1.82, 2.24) is 10.3 Å². The molecule has 0 bridgehead atoms. The molecule has 5 nitrogen and oxygen atoms in total. The Kier molecular flexibility index (Phi) is 8.71. The number of para-hydroxylation sites is 1. The molecule has 0 saturated heterocycles. The Labute approximate surface area is 366 Å². The van der Waals surface area contributed by atoms with Gasteiger partial charge in [-0.25, -0.2) is 4.99 Å². The van der Waals surface area contributed by atoms with Crippen LogP contribution in [0.25, 0.3) is 39.2 Å². The zero-order valence-electron chi connectivity index (χ0n) is 34.2. The second-order valence-electron chi connectivity index (χ2n) is 16.1. The summed E-state index contributed by atoms with van der Waals surface area (Å²) in [5.41, 5.74) is 14.3. The van der Waals surface area contributed by atoms with Crippen molar-refractivity contribution in [2.24, 2.45) is 4.99 Å². The summed E-state index contributed by atoms with van der Waals surface area (Å²) in [6.07, 6.45) is 4.04. The maximum atomic E-state index is 7.23. The van der Waals surface area contributed by atoms with Gasteiger partial charge in [0.1, 0.15) is 5.84 Å². The number of pyridine rings is 1. The molecular weight excluding hydrogens is 771 g/mol. The molecule has 12 rings (SSSR count). The van der Waals surface area contributed by atoms with Crippen molar-refractivity contribution < 1.29 is 9.47 Å². The molecule has 2 aliphatic heterocycles. The van der Waals surface area contributed by atoms with Crippen molar-refractivity contribution in [2.75, 3.05) is 0 Å². The maximum absolute atomic E-state index is 7.23. The molecule has 0 spiro atoms. The average Bonchev–Trinajstić information content (AvgIpc) is 3.68. The van der Waals surface area contributed by atoms with Crippen LogP contribution in [-0.4, -0.2) is 10.8 Å². The predicted molar refractivity (Wildman–Crippen MR) is 252 cm³/mol. The van der Waals surface area contributed by atoms with Gasteiger partial charge < -0.3 is 14.8 Å². The van der Waals surface area contributed by atoms with Gasteiger partial charge in [-0.05, 0) is 81.4 Å². The number of aromatic nitrogens is 1. The SMILES string of the molecule is C1=C(c2cccc(-c3cccc4c3Oc3c(ccc5c3-c3ccccc3C5(c3ccccc3)c3ccccc3)O4)c2)N=C(c2cccc(-c3ccccn3)c2)NC1c1ccccc1. The van der Waals surface area contributed by atoms with Gasteiger partial charge in [-0.1, -0.05) is 176 Å². The second kappa shape index (κ2) is 15.0. The summed E-state index contributed by atoms with van der Waals surface area (Å²) in [6, 6.07) is 74.2. The first-order chi connectivity index (χ1) is 31.2. The van der Waals surface area contributed by atoms with E-state index in [0.29, 0.717) is 17.2 Å². The number of benzene rings is 8. The minimum Gasteiger partial charge on any atom is -0.449 e. The molecule has 0 fully saturated rings. The summed E-state index contributed by atoms with van der Waals surface area (Å²) < 4.78 is 14.0. The van der Waals surface area contributed by atoms with Crippen LogP contribution in [0.4, 0.5) is 0 Å². The molecule has 0 radical (unpaired) electrons. The number of fused-ring (bicyclic) bond motifs is 6.